The van der Waals surface area contributed by atoms with Gasteiger partial charge in [0, 0.05) is 12.1 Å². The number of amides is 1. The number of primary amides is 1. The number of allylic oxidation sites excluding steroid dienone is 1. The number of dihydropyridines is 1. The van der Waals surface area contributed by atoms with Crippen molar-refractivity contribution in [2.75, 3.05) is 6.54 Å². The van der Waals surface area contributed by atoms with Crippen molar-refractivity contribution in [1.29, 1.82) is 0 Å². The summed E-state index contributed by atoms with van der Waals surface area (Å²) in [5, 5.41) is 0. The second-order valence-corrected chi connectivity index (χ2v) is 2.73. The molecule has 0 saturated carbocycles. The summed E-state index contributed by atoms with van der Waals surface area (Å²) in [5.41, 5.74) is 8.62. The molecular formula is C7H9N3O2. The van der Waals surface area contributed by atoms with Crippen molar-refractivity contribution in [1.82, 2.24) is 5.48 Å². The van der Waals surface area contributed by atoms with Crippen molar-refractivity contribution in [2.45, 2.75) is 12.5 Å². The van der Waals surface area contributed by atoms with Crippen LogP contribution in [0.4, 0.5) is 0 Å². The molecule has 0 aromatic carbocycles. The van der Waals surface area contributed by atoms with E-state index in [9.17, 15) is 4.79 Å². The van der Waals surface area contributed by atoms with E-state index in [4.69, 9.17) is 10.6 Å². The first-order valence-corrected chi connectivity index (χ1v) is 3.73. The van der Waals surface area contributed by atoms with E-state index < -0.39 is 11.9 Å². The van der Waals surface area contributed by atoms with Gasteiger partial charge in [0.2, 0.25) is 5.91 Å². The Bertz CT molecular complexity index is 282. The minimum absolute atomic E-state index is 0.407. The molecule has 5 heteroatoms. The predicted octanol–water partition coefficient (Wildman–Crippen LogP) is -0.896. The van der Waals surface area contributed by atoms with Gasteiger partial charge in [-0.2, -0.15) is 0 Å². The average molecular weight is 167 g/mol. The Morgan fingerprint density at radius 2 is 2.67 bits per heavy atom. The van der Waals surface area contributed by atoms with Gasteiger partial charge in [-0.1, -0.05) is 0 Å². The Hall–Kier alpha value is -1.36. The highest BCUT2D eigenvalue weighted by Gasteiger charge is 2.31. The molecule has 2 aliphatic rings. The van der Waals surface area contributed by atoms with Gasteiger partial charge < -0.3 is 10.6 Å². The summed E-state index contributed by atoms with van der Waals surface area (Å²) in [7, 11) is 0. The smallest absolute Gasteiger partial charge is 0.242 e. The molecule has 0 aromatic rings. The molecule has 12 heavy (non-hydrogen) atoms. The molecule has 1 amide bonds. The van der Waals surface area contributed by atoms with Crippen LogP contribution in [0.15, 0.2) is 16.3 Å². The lowest BCUT2D eigenvalue weighted by atomic mass is 10.0. The minimum Gasteiger partial charge on any atom is -0.406 e. The summed E-state index contributed by atoms with van der Waals surface area (Å²) in [5.74, 6) is 0.236. The zero-order chi connectivity index (χ0) is 8.55. The zero-order valence-electron chi connectivity index (χ0n) is 6.41. The largest absolute Gasteiger partial charge is 0.406 e. The maximum atomic E-state index is 10.9. The Morgan fingerprint density at radius 1 is 1.83 bits per heavy atom. The van der Waals surface area contributed by atoms with E-state index in [-0.39, 0.29) is 0 Å². The highest BCUT2D eigenvalue weighted by atomic mass is 16.7. The molecule has 0 saturated heterocycles. The van der Waals surface area contributed by atoms with Gasteiger partial charge in [-0.05, 0) is 6.42 Å². The molecule has 64 valence electrons. The van der Waals surface area contributed by atoms with Crippen LogP contribution in [-0.2, 0) is 9.63 Å². The molecule has 0 aromatic heterocycles. The van der Waals surface area contributed by atoms with E-state index in [2.05, 4.69) is 10.5 Å². The van der Waals surface area contributed by atoms with Gasteiger partial charge in [0.1, 0.15) is 6.04 Å². The molecule has 0 aliphatic carbocycles. The highest BCUT2D eigenvalue weighted by molar-refractivity contribution is 5.88. The molecule has 2 heterocycles. The fourth-order valence-corrected chi connectivity index (χ4v) is 1.34. The number of nitrogens with one attached hydrogen (secondary N) is 1. The summed E-state index contributed by atoms with van der Waals surface area (Å²) in [6, 6.07) is -0.466. The average Bonchev–Trinajstić information content (AvgIpc) is 2.47. The van der Waals surface area contributed by atoms with Crippen LogP contribution in [0.2, 0.25) is 0 Å². The van der Waals surface area contributed by atoms with Crippen LogP contribution in [0, 0.1) is 0 Å². The monoisotopic (exact) mass is 167 g/mol. The lowest BCUT2D eigenvalue weighted by molar-refractivity contribution is -0.120. The van der Waals surface area contributed by atoms with Crippen LogP contribution in [0.1, 0.15) is 6.42 Å². The SMILES string of the molecule is NC(=O)C1NOC2=C1CCN=C2. The summed E-state index contributed by atoms with van der Waals surface area (Å²) in [4.78, 5) is 19.9. The number of aliphatic imine (C=N–C) groups is 1. The highest BCUT2D eigenvalue weighted by Crippen LogP contribution is 2.22. The zero-order valence-corrected chi connectivity index (χ0v) is 6.41. The third kappa shape index (κ3) is 0.984. The van der Waals surface area contributed by atoms with Crippen LogP contribution in [-0.4, -0.2) is 24.7 Å². The second kappa shape index (κ2) is 2.60. The maximum Gasteiger partial charge on any atom is 0.242 e. The third-order valence-corrected chi connectivity index (χ3v) is 1.95. The van der Waals surface area contributed by atoms with Crippen LogP contribution in [0.25, 0.3) is 0 Å². The molecule has 0 fully saturated rings. The summed E-state index contributed by atoms with van der Waals surface area (Å²) >= 11 is 0. The second-order valence-electron chi connectivity index (χ2n) is 2.73. The number of hydrogen-bond donors (Lipinski definition) is 2. The maximum absolute atomic E-state index is 10.9. The number of nitrogens with zero attached hydrogens (tertiary/aromatic N) is 1. The Balaban J connectivity index is 2.27. The molecule has 0 radical (unpaired) electrons. The number of hydroxylamine groups is 1. The summed E-state index contributed by atoms with van der Waals surface area (Å²) < 4.78 is 0. The van der Waals surface area contributed by atoms with Gasteiger partial charge in [0.05, 0.1) is 6.21 Å². The van der Waals surface area contributed by atoms with Crippen LogP contribution in [0.5, 0.6) is 0 Å². The first kappa shape index (κ1) is 7.30. The fourth-order valence-electron chi connectivity index (χ4n) is 1.34. The Kier molecular flexibility index (Phi) is 1.58. The van der Waals surface area contributed by atoms with E-state index in [0.29, 0.717) is 12.3 Å². The van der Waals surface area contributed by atoms with Crippen LogP contribution >= 0.6 is 0 Å². The van der Waals surface area contributed by atoms with Crippen molar-refractivity contribution < 1.29 is 9.63 Å². The molecular weight excluding hydrogens is 158 g/mol. The molecule has 1 atom stereocenters. The van der Waals surface area contributed by atoms with Crippen LogP contribution in [0.3, 0.4) is 0 Å². The van der Waals surface area contributed by atoms with E-state index in [1.807, 2.05) is 0 Å². The first-order valence-electron chi connectivity index (χ1n) is 3.73. The molecule has 0 spiro atoms. The van der Waals surface area contributed by atoms with E-state index in [1.165, 1.54) is 0 Å². The molecule has 2 rings (SSSR count). The van der Waals surface area contributed by atoms with E-state index in [1.54, 1.807) is 6.21 Å². The van der Waals surface area contributed by atoms with Gasteiger partial charge in [0.15, 0.2) is 5.76 Å². The normalized spacial score (nSPS) is 26.8. The Morgan fingerprint density at radius 3 is 3.42 bits per heavy atom. The molecule has 3 N–H and O–H groups in total. The number of rotatable bonds is 1. The van der Waals surface area contributed by atoms with Gasteiger partial charge >= 0.3 is 0 Å². The first-order chi connectivity index (χ1) is 5.79. The van der Waals surface area contributed by atoms with E-state index >= 15 is 0 Å². The van der Waals surface area contributed by atoms with Gasteiger partial charge in [-0.3, -0.25) is 9.79 Å². The number of hydrogen-bond acceptors (Lipinski definition) is 4. The van der Waals surface area contributed by atoms with Crippen molar-refractivity contribution in [2.24, 2.45) is 10.7 Å². The molecule has 1 unspecified atom stereocenters. The van der Waals surface area contributed by atoms with Gasteiger partial charge in [-0.25, -0.2) is 0 Å². The molecule has 2 aliphatic heterocycles. The number of carbonyl (C=O) groups is 1. The number of nitrogens with two attached hydrogens (primary N) is 1. The third-order valence-electron chi connectivity index (χ3n) is 1.95. The summed E-state index contributed by atoms with van der Waals surface area (Å²) in [6.07, 6.45) is 2.36. The van der Waals surface area contributed by atoms with Crippen molar-refractivity contribution in [3.8, 4) is 0 Å². The van der Waals surface area contributed by atoms with Crippen molar-refractivity contribution >= 4 is 12.1 Å². The Labute approximate surface area is 69.2 Å². The fraction of sp³-hybridized carbons (Fsp3) is 0.429. The van der Waals surface area contributed by atoms with E-state index in [0.717, 1.165) is 12.0 Å². The van der Waals surface area contributed by atoms with Gasteiger partial charge in [0.25, 0.3) is 0 Å². The number of carbonyl (C=O) groups excluding carboxylic acids is 1. The van der Waals surface area contributed by atoms with Crippen molar-refractivity contribution in [3.05, 3.63) is 11.3 Å². The lowest BCUT2D eigenvalue weighted by Crippen LogP contribution is -2.38. The van der Waals surface area contributed by atoms with Gasteiger partial charge in [-0.15, -0.1) is 5.48 Å². The predicted molar refractivity (Wildman–Crippen MR) is 42.2 cm³/mol. The standard InChI is InChI=1S/C7H9N3O2/c8-7(11)6-4-1-2-9-3-5(4)12-10-6/h3,6,10H,1-2H2,(H2,8,11). The van der Waals surface area contributed by atoms with Crippen LogP contribution < -0.4 is 11.2 Å². The van der Waals surface area contributed by atoms with Crippen molar-refractivity contribution in [3.63, 3.8) is 0 Å². The quantitative estimate of drug-likeness (QED) is 0.531. The lowest BCUT2D eigenvalue weighted by Gasteiger charge is -2.08. The minimum atomic E-state index is -0.466. The summed E-state index contributed by atoms with van der Waals surface area (Å²) in [6.45, 7) is 0.702. The molecule has 5 nitrogen and oxygen atoms in total. The molecule has 0 bridgehead atoms. The topological polar surface area (TPSA) is 76.7 Å².